The molecule has 3 unspecified atom stereocenters. The van der Waals surface area contributed by atoms with Crippen molar-refractivity contribution >= 4 is 17.7 Å². The molecule has 1 aromatic rings. The summed E-state index contributed by atoms with van der Waals surface area (Å²) in [4.78, 5) is 13.3. The first-order chi connectivity index (χ1) is 9.26. The van der Waals surface area contributed by atoms with Gasteiger partial charge in [-0.1, -0.05) is 18.6 Å². The number of benzene rings is 1. The third-order valence-corrected chi connectivity index (χ3v) is 5.32. The van der Waals surface area contributed by atoms with Gasteiger partial charge in [-0.2, -0.15) is 0 Å². The SMILES string of the molecule is CSc1ccc(COC(=O)C2CC3CCC2C3)cc1. The molecule has 1 aromatic carbocycles. The molecule has 0 aromatic heterocycles. The van der Waals surface area contributed by atoms with Crippen LogP contribution < -0.4 is 0 Å². The molecule has 3 rings (SSSR count). The Morgan fingerprint density at radius 2 is 2.05 bits per heavy atom. The molecule has 3 atom stereocenters. The highest BCUT2D eigenvalue weighted by Crippen LogP contribution is 2.48. The first-order valence-electron chi connectivity index (χ1n) is 7.06. The molecule has 0 heterocycles. The summed E-state index contributed by atoms with van der Waals surface area (Å²) in [6, 6.07) is 8.23. The second-order valence-electron chi connectivity index (χ2n) is 5.74. The van der Waals surface area contributed by atoms with Gasteiger partial charge >= 0.3 is 5.97 Å². The molecule has 2 nitrogen and oxygen atoms in total. The predicted octanol–water partition coefficient (Wildman–Crippen LogP) is 3.89. The van der Waals surface area contributed by atoms with Crippen LogP contribution in [-0.2, 0) is 16.1 Å². The van der Waals surface area contributed by atoms with Crippen LogP contribution in [0.2, 0.25) is 0 Å². The Morgan fingerprint density at radius 1 is 1.26 bits per heavy atom. The minimum Gasteiger partial charge on any atom is -0.461 e. The maximum atomic E-state index is 12.1. The van der Waals surface area contributed by atoms with Crippen LogP contribution in [0.5, 0.6) is 0 Å². The summed E-state index contributed by atoms with van der Waals surface area (Å²) in [6.45, 7) is 0.418. The fourth-order valence-corrected chi connectivity index (χ4v) is 3.92. The van der Waals surface area contributed by atoms with Crippen molar-refractivity contribution in [2.75, 3.05) is 6.26 Å². The van der Waals surface area contributed by atoms with Gasteiger partial charge in [-0.05, 0) is 55.1 Å². The van der Waals surface area contributed by atoms with Crippen LogP contribution >= 0.6 is 11.8 Å². The zero-order valence-corrected chi connectivity index (χ0v) is 12.1. The largest absolute Gasteiger partial charge is 0.461 e. The van der Waals surface area contributed by atoms with Crippen molar-refractivity contribution in [2.24, 2.45) is 17.8 Å². The molecular weight excluding hydrogens is 256 g/mol. The van der Waals surface area contributed by atoms with Crippen LogP contribution in [0.15, 0.2) is 29.2 Å². The standard InChI is InChI=1S/C16H20O2S/c1-19-14-6-3-11(4-7-14)10-18-16(17)15-9-12-2-5-13(15)8-12/h3-4,6-7,12-13,15H,2,5,8-10H2,1H3. The number of carbonyl (C=O) groups excluding carboxylic acids is 1. The lowest BCUT2D eigenvalue weighted by Crippen LogP contribution is -2.23. The number of esters is 1. The van der Waals surface area contributed by atoms with E-state index in [1.165, 1.54) is 24.2 Å². The van der Waals surface area contributed by atoms with Crippen molar-refractivity contribution < 1.29 is 9.53 Å². The summed E-state index contributed by atoms with van der Waals surface area (Å²) in [5.41, 5.74) is 1.08. The second-order valence-corrected chi connectivity index (χ2v) is 6.62. The lowest BCUT2D eigenvalue weighted by molar-refractivity contribution is -0.151. The van der Waals surface area contributed by atoms with Crippen LogP contribution in [0, 0.1) is 17.8 Å². The lowest BCUT2D eigenvalue weighted by Gasteiger charge is -2.19. The summed E-state index contributed by atoms with van der Waals surface area (Å²) >= 11 is 1.72. The van der Waals surface area contributed by atoms with Gasteiger partial charge in [-0.25, -0.2) is 0 Å². The lowest BCUT2D eigenvalue weighted by atomic mass is 9.89. The molecule has 0 aliphatic heterocycles. The van der Waals surface area contributed by atoms with Crippen molar-refractivity contribution in [1.29, 1.82) is 0 Å². The summed E-state index contributed by atoms with van der Waals surface area (Å²) in [6.07, 6.45) is 6.93. The van der Waals surface area contributed by atoms with E-state index < -0.39 is 0 Å². The Morgan fingerprint density at radius 3 is 2.63 bits per heavy atom. The van der Waals surface area contributed by atoms with Crippen molar-refractivity contribution in [3.05, 3.63) is 29.8 Å². The van der Waals surface area contributed by atoms with Crippen LogP contribution in [0.1, 0.15) is 31.2 Å². The molecule has 0 spiro atoms. The van der Waals surface area contributed by atoms with Crippen molar-refractivity contribution in [2.45, 2.75) is 37.2 Å². The fraction of sp³-hybridized carbons (Fsp3) is 0.562. The minimum absolute atomic E-state index is 0.0288. The van der Waals surface area contributed by atoms with E-state index >= 15 is 0 Å². The first-order valence-corrected chi connectivity index (χ1v) is 8.28. The van der Waals surface area contributed by atoms with Crippen molar-refractivity contribution in [3.63, 3.8) is 0 Å². The molecule has 2 bridgehead atoms. The van der Waals surface area contributed by atoms with Gasteiger partial charge in [0.1, 0.15) is 6.61 Å². The van der Waals surface area contributed by atoms with E-state index in [4.69, 9.17) is 4.74 Å². The van der Waals surface area contributed by atoms with Crippen LogP contribution in [0.3, 0.4) is 0 Å². The molecule has 2 aliphatic carbocycles. The second kappa shape index (κ2) is 5.58. The zero-order valence-electron chi connectivity index (χ0n) is 11.3. The maximum absolute atomic E-state index is 12.1. The van der Waals surface area contributed by atoms with Crippen LogP contribution in [0.25, 0.3) is 0 Å². The van der Waals surface area contributed by atoms with Gasteiger partial charge in [0.25, 0.3) is 0 Å². The molecule has 0 saturated heterocycles. The molecule has 2 saturated carbocycles. The van der Waals surface area contributed by atoms with Gasteiger partial charge in [-0.15, -0.1) is 11.8 Å². The Labute approximate surface area is 118 Å². The number of ether oxygens (including phenoxy) is 1. The van der Waals surface area contributed by atoms with Crippen LogP contribution in [-0.4, -0.2) is 12.2 Å². The molecule has 102 valence electrons. The number of carbonyl (C=O) groups is 1. The van der Waals surface area contributed by atoms with Crippen LogP contribution in [0.4, 0.5) is 0 Å². The fourth-order valence-electron chi connectivity index (χ4n) is 3.52. The minimum atomic E-state index is 0.0288. The van der Waals surface area contributed by atoms with E-state index in [1.807, 2.05) is 12.1 Å². The normalized spacial score (nSPS) is 28.6. The van der Waals surface area contributed by atoms with Gasteiger partial charge < -0.3 is 4.74 Å². The van der Waals surface area contributed by atoms with E-state index in [0.29, 0.717) is 12.5 Å². The van der Waals surface area contributed by atoms with E-state index in [2.05, 4.69) is 18.4 Å². The number of thioether (sulfide) groups is 1. The van der Waals surface area contributed by atoms with Gasteiger partial charge in [0, 0.05) is 4.90 Å². The summed E-state index contributed by atoms with van der Waals surface area (Å²) in [5, 5.41) is 0. The molecule has 0 amide bonds. The Balaban J connectivity index is 1.52. The van der Waals surface area contributed by atoms with Gasteiger partial charge in [-0.3, -0.25) is 4.79 Å². The quantitative estimate of drug-likeness (QED) is 0.616. The predicted molar refractivity (Wildman–Crippen MR) is 77.0 cm³/mol. The summed E-state index contributed by atoms with van der Waals surface area (Å²) in [5.74, 6) is 1.62. The zero-order chi connectivity index (χ0) is 13.2. The summed E-state index contributed by atoms with van der Waals surface area (Å²) < 4.78 is 5.49. The molecule has 19 heavy (non-hydrogen) atoms. The maximum Gasteiger partial charge on any atom is 0.309 e. The highest BCUT2D eigenvalue weighted by Gasteiger charge is 2.43. The van der Waals surface area contributed by atoms with Gasteiger partial charge in [0.05, 0.1) is 5.92 Å². The molecule has 0 N–H and O–H groups in total. The van der Waals surface area contributed by atoms with E-state index in [9.17, 15) is 4.79 Å². The topological polar surface area (TPSA) is 26.3 Å². The smallest absolute Gasteiger partial charge is 0.309 e. The third-order valence-electron chi connectivity index (χ3n) is 4.58. The first kappa shape index (κ1) is 13.0. The highest BCUT2D eigenvalue weighted by atomic mass is 32.2. The average Bonchev–Trinajstić information content (AvgIpc) is 3.08. The third kappa shape index (κ3) is 2.81. The van der Waals surface area contributed by atoms with E-state index in [-0.39, 0.29) is 11.9 Å². The Hall–Kier alpha value is -0.960. The Kier molecular flexibility index (Phi) is 3.83. The number of hydrogen-bond acceptors (Lipinski definition) is 3. The van der Waals surface area contributed by atoms with E-state index in [0.717, 1.165) is 17.9 Å². The molecule has 0 radical (unpaired) electrons. The number of rotatable bonds is 4. The molecule has 2 fully saturated rings. The van der Waals surface area contributed by atoms with Gasteiger partial charge in [0.2, 0.25) is 0 Å². The van der Waals surface area contributed by atoms with Crippen molar-refractivity contribution in [1.82, 2.24) is 0 Å². The monoisotopic (exact) mass is 276 g/mol. The average molecular weight is 276 g/mol. The summed E-state index contributed by atoms with van der Waals surface area (Å²) in [7, 11) is 0. The number of fused-ring (bicyclic) bond motifs is 2. The molecule has 2 aliphatic rings. The Bertz CT molecular complexity index is 454. The van der Waals surface area contributed by atoms with Gasteiger partial charge in [0.15, 0.2) is 0 Å². The highest BCUT2D eigenvalue weighted by molar-refractivity contribution is 7.98. The van der Waals surface area contributed by atoms with Crippen molar-refractivity contribution in [3.8, 4) is 0 Å². The molecular formula is C16H20O2S. The molecule has 3 heteroatoms. The van der Waals surface area contributed by atoms with E-state index in [1.54, 1.807) is 11.8 Å². The number of hydrogen-bond donors (Lipinski definition) is 0.